The Morgan fingerprint density at radius 2 is 1.94 bits per heavy atom. The van der Waals surface area contributed by atoms with E-state index in [1.54, 1.807) is 0 Å². The van der Waals surface area contributed by atoms with Gasteiger partial charge < -0.3 is 15.2 Å². The van der Waals surface area contributed by atoms with Crippen LogP contribution in [0.5, 0.6) is 0 Å². The van der Waals surface area contributed by atoms with Crippen molar-refractivity contribution in [2.24, 2.45) is 11.3 Å². The van der Waals surface area contributed by atoms with Gasteiger partial charge in [-0.25, -0.2) is 0 Å². The molecule has 1 aliphatic heterocycles. The van der Waals surface area contributed by atoms with Gasteiger partial charge in [0.25, 0.3) is 0 Å². The average Bonchev–Trinajstić information content (AvgIpc) is 3.11. The number of nitrogens with one attached hydrogen (secondary N) is 1. The van der Waals surface area contributed by atoms with Crippen molar-refractivity contribution < 1.29 is 9.84 Å². The molecule has 1 heterocycles. The maximum atomic E-state index is 9.57. The maximum Gasteiger partial charge on any atom is 0.0756 e. The van der Waals surface area contributed by atoms with E-state index >= 15 is 0 Å². The molecule has 17 heavy (non-hydrogen) atoms. The lowest BCUT2D eigenvalue weighted by Crippen LogP contribution is -2.45. The molecule has 0 radical (unpaired) electrons. The molecule has 2 N–H and O–H groups in total. The molecule has 0 aromatic carbocycles. The molecule has 1 saturated heterocycles. The van der Waals surface area contributed by atoms with E-state index in [1.807, 2.05) is 0 Å². The third-order valence-electron chi connectivity index (χ3n) is 4.80. The van der Waals surface area contributed by atoms with Crippen molar-refractivity contribution in [3.8, 4) is 0 Å². The zero-order valence-corrected chi connectivity index (χ0v) is 11.2. The lowest BCUT2D eigenvalue weighted by Gasteiger charge is -2.32. The molecule has 2 aliphatic rings. The number of rotatable bonds is 7. The zero-order valence-electron chi connectivity index (χ0n) is 11.2. The molecule has 2 unspecified atom stereocenters. The summed E-state index contributed by atoms with van der Waals surface area (Å²) in [5.74, 6) is 0.807. The molecule has 2 atom stereocenters. The van der Waals surface area contributed by atoms with Gasteiger partial charge in [0.1, 0.15) is 0 Å². The van der Waals surface area contributed by atoms with E-state index in [9.17, 15) is 5.11 Å². The smallest absolute Gasteiger partial charge is 0.0756 e. The minimum atomic E-state index is 0.0662. The first-order chi connectivity index (χ1) is 8.24. The van der Waals surface area contributed by atoms with Crippen molar-refractivity contribution in [3.63, 3.8) is 0 Å². The van der Waals surface area contributed by atoms with Crippen LogP contribution in [0.15, 0.2) is 0 Å². The van der Waals surface area contributed by atoms with Crippen molar-refractivity contribution in [3.05, 3.63) is 0 Å². The normalized spacial score (nSPS) is 29.8. The van der Waals surface area contributed by atoms with Gasteiger partial charge in [-0.3, -0.25) is 0 Å². The van der Waals surface area contributed by atoms with Gasteiger partial charge in [-0.2, -0.15) is 0 Å². The van der Waals surface area contributed by atoms with Crippen LogP contribution in [0.3, 0.4) is 0 Å². The molecule has 0 bridgehead atoms. The molecule has 3 heteroatoms. The van der Waals surface area contributed by atoms with Crippen LogP contribution in [0.1, 0.15) is 46.0 Å². The lowest BCUT2D eigenvalue weighted by atomic mass is 9.83. The Kier molecular flexibility index (Phi) is 4.45. The van der Waals surface area contributed by atoms with Gasteiger partial charge in [-0.05, 0) is 38.0 Å². The summed E-state index contributed by atoms with van der Waals surface area (Å²) in [6, 6.07) is 0.520. The first-order valence-electron chi connectivity index (χ1n) is 7.20. The Morgan fingerprint density at radius 1 is 1.24 bits per heavy atom. The number of aliphatic hydroxyl groups excluding tert-OH is 1. The predicted molar refractivity (Wildman–Crippen MR) is 69.0 cm³/mol. The fraction of sp³-hybridized carbons (Fsp3) is 1.00. The van der Waals surface area contributed by atoms with Crippen LogP contribution in [0.2, 0.25) is 0 Å². The van der Waals surface area contributed by atoms with Crippen LogP contribution in [-0.2, 0) is 4.74 Å². The van der Waals surface area contributed by atoms with Gasteiger partial charge in [-0.15, -0.1) is 0 Å². The Bertz CT molecular complexity index is 228. The summed E-state index contributed by atoms with van der Waals surface area (Å²) < 4.78 is 5.83. The Balaban J connectivity index is 1.83. The number of hydrogen-bond donors (Lipinski definition) is 2. The molecule has 0 amide bonds. The van der Waals surface area contributed by atoms with Crippen molar-refractivity contribution >= 4 is 0 Å². The summed E-state index contributed by atoms with van der Waals surface area (Å²) in [6.07, 6.45) is 6.34. The monoisotopic (exact) mass is 241 g/mol. The molecular formula is C14H27NO2. The van der Waals surface area contributed by atoms with Crippen molar-refractivity contribution in [2.75, 3.05) is 19.8 Å². The number of hydrogen-bond acceptors (Lipinski definition) is 3. The van der Waals surface area contributed by atoms with Crippen LogP contribution < -0.4 is 5.32 Å². The highest BCUT2D eigenvalue weighted by Crippen LogP contribution is 2.39. The van der Waals surface area contributed by atoms with E-state index in [0.29, 0.717) is 12.1 Å². The van der Waals surface area contributed by atoms with E-state index in [0.717, 1.165) is 38.3 Å². The third-order valence-corrected chi connectivity index (χ3v) is 4.80. The minimum Gasteiger partial charge on any atom is -0.396 e. The quantitative estimate of drug-likeness (QED) is 0.716. The van der Waals surface area contributed by atoms with Crippen molar-refractivity contribution in [1.82, 2.24) is 5.32 Å². The van der Waals surface area contributed by atoms with Crippen LogP contribution in [0.25, 0.3) is 0 Å². The summed E-state index contributed by atoms with van der Waals surface area (Å²) in [6.45, 7) is 6.46. The zero-order chi connectivity index (χ0) is 12.3. The van der Waals surface area contributed by atoms with Crippen molar-refractivity contribution in [2.45, 2.75) is 58.1 Å². The van der Waals surface area contributed by atoms with E-state index in [2.05, 4.69) is 19.2 Å². The third kappa shape index (κ3) is 3.01. The van der Waals surface area contributed by atoms with Gasteiger partial charge in [0.2, 0.25) is 0 Å². The van der Waals surface area contributed by atoms with E-state index in [1.165, 1.54) is 12.8 Å². The van der Waals surface area contributed by atoms with E-state index in [4.69, 9.17) is 4.74 Å². The van der Waals surface area contributed by atoms with Crippen LogP contribution in [-0.4, -0.2) is 37.0 Å². The van der Waals surface area contributed by atoms with E-state index < -0.39 is 0 Å². The Morgan fingerprint density at radius 3 is 2.47 bits per heavy atom. The molecule has 3 nitrogen and oxygen atoms in total. The van der Waals surface area contributed by atoms with Crippen molar-refractivity contribution in [1.29, 1.82) is 0 Å². The second-order valence-corrected chi connectivity index (χ2v) is 5.81. The highest BCUT2D eigenvalue weighted by molar-refractivity contribution is 4.94. The molecule has 2 rings (SSSR count). The standard InChI is InChI=1S/C14H27NO2/c1-3-14(4-2,10-16)9-15-12-7-8-17-13(12)11-5-6-11/h11-13,15-16H,3-10H2,1-2H3. The predicted octanol–water partition coefficient (Wildman–Crippen LogP) is 1.94. The second-order valence-electron chi connectivity index (χ2n) is 5.81. The van der Waals surface area contributed by atoms with Gasteiger partial charge >= 0.3 is 0 Å². The molecule has 2 fully saturated rings. The molecule has 0 aromatic heterocycles. The highest BCUT2D eigenvalue weighted by Gasteiger charge is 2.41. The second kappa shape index (κ2) is 5.68. The summed E-state index contributed by atoms with van der Waals surface area (Å²) in [4.78, 5) is 0. The van der Waals surface area contributed by atoms with Gasteiger partial charge in [0.05, 0.1) is 6.10 Å². The summed E-state index contributed by atoms with van der Waals surface area (Å²) >= 11 is 0. The highest BCUT2D eigenvalue weighted by atomic mass is 16.5. The fourth-order valence-corrected chi connectivity index (χ4v) is 2.85. The molecule has 0 spiro atoms. The molecule has 1 saturated carbocycles. The molecule has 100 valence electrons. The SMILES string of the molecule is CCC(CC)(CO)CNC1CCOC1C1CC1. The largest absolute Gasteiger partial charge is 0.396 e. The maximum absolute atomic E-state index is 9.57. The van der Waals surface area contributed by atoms with E-state index in [-0.39, 0.29) is 12.0 Å². The first-order valence-corrected chi connectivity index (χ1v) is 7.20. The first kappa shape index (κ1) is 13.3. The summed E-state index contributed by atoms with van der Waals surface area (Å²) in [5.41, 5.74) is 0.0662. The van der Waals surface area contributed by atoms with Gasteiger partial charge in [-0.1, -0.05) is 13.8 Å². The lowest BCUT2D eigenvalue weighted by molar-refractivity contribution is 0.0700. The average molecular weight is 241 g/mol. The summed E-state index contributed by atoms with van der Waals surface area (Å²) in [7, 11) is 0. The number of ether oxygens (including phenoxy) is 1. The van der Waals surface area contributed by atoms with Crippen LogP contribution >= 0.6 is 0 Å². The minimum absolute atomic E-state index is 0.0662. The van der Waals surface area contributed by atoms with Crippen LogP contribution in [0.4, 0.5) is 0 Å². The van der Waals surface area contributed by atoms with Gasteiger partial charge in [0.15, 0.2) is 0 Å². The van der Waals surface area contributed by atoms with Gasteiger partial charge in [0, 0.05) is 31.2 Å². The molecular weight excluding hydrogens is 214 g/mol. The summed E-state index contributed by atoms with van der Waals surface area (Å²) in [5, 5.41) is 13.2. The Hall–Kier alpha value is -0.120. The molecule has 1 aliphatic carbocycles. The fourth-order valence-electron chi connectivity index (χ4n) is 2.85. The number of aliphatic hydroxyl groups is 1. The van der Waals surface area contributed by atoms with Crippen LogP contribution in [0, 0.1) is 11.3 Å². The topological polar surface area (TPSA) is 41.5 Å². The molecule has 0 aromatic rings. The Labute approximate surface area is 105 Å².